The van der Waals surface area contributed by atoms with Crippen LogP contribution < -0.4 is 11.1 Å². The summed E-state index contributed by atoms with van der Waals surface area (Å²) in [6.07, 6.45) is 3.84. The fourth-order valence-electron chi connectivity index (χ4n) is 2.37. The molecular formula is C13H20N2O. The van der Waals surface area contributed by atoms with Gasteiger partial charge in [-0.1, -0.05) is 6.07 Å². The molecule has 1 aromatic rings. The zero-order valence-electron chi connectivity index (χ0n) is 9.99. The normalized spacial score (nSPS) is 24.6. The van der Waals surface area contributed by atoms with Crippen LogP contribution in [0.25, 0.3) is 0 Å². The molecule has 1 aliphatic rings. The third-order valence-electron chi connectivity index (χ3n) is 3.30. The van der Waals surface area contributed by atoms with Crippen molar-refractivity contribution in [3.8, 4) is 0 Å². The van der Waals surface area contributed by atoms with Crippen molar-refractivity contribution in [2.24, 2.45) is 0 Å². The van der Waals surface area contributed by atoms with Gasteiger partial charge in [0.15, 0.2) is 0 Å². The summed E-state index contributed by atoms with van der Waals surface area (Å²) in [5, 5.41) is 3.50. The molecule has 2 unspecified atom stereocenters. The minimum absolute atomic E-state index is 0.319. The molecular weight excluding hydrogens is 200 g/mol. The number of hydrogen-bond donors (Lipinski definition) is 2. The quantitative estimate of drug-likeness (QED) is 0.770. The van der Waals surface area contributed by atoms with E-state index in [-0.39, 0.29) is 0 Å². The fraction of sp³-hybridized carbons (Fsp3) is 0.538. The van der Waals surface area contributed by atoms with E-state index in [9.17, 15) is 0 Å². The van der Waals surface area contributed by atoms with Gasteiger partial charge in [0, 0.05) is 7.11 Å². The average Bonchev–Trinajstić information content (AvgIpc) is 2.71. The van der Waals surface area contributed by atoms with Crippen LogP contribution in [-0.2, 0) is 4.74 Å². The van der Waals surface area contributed by atoms with Crippen LogP contribution >= 0.6 is 0 Å². The largest absolute Gasteiger partial charge is 0.397 e. The van der Waals surface area contributed by atoms with Crippen LogP contribution in [0.2, 0.25) is 0 Å². The summed E-state index contributed by atoms with van der Waals surface area (Å²) < 4.78 is 5.46. The lowest BCUT2D eigenvalue weighted by atomic mass is 10.1. The van der Waals surface area contributed by atoms with Gasteiger partial charge in [0.1, 0.15) is 0 Å². The molecule has 0 bridgehead atoms. The number of nitrogens with one attached hydrogen (secondary N) is 1. The third-order valence-corrected chi connectivity index (χ3v) is 3.30. The maximum atomic E-state index is 5.95. The number of benzene rings is 1. The molecule has 1 aromatic carbocycles. The Bertz CT molecular complexity index is 365. The van der Waals surface area contributed by atoms with Gasteiger partial charge >= 0.3 is 0 Å². The summed E-state index contributed by atoms with van der Waals surface area (Å²) in [5.41, 5.74) is 9.03. The van der Waals surface area contributed by atoms with E-state index >= 15 is 0 Å². The van der Waals surface area contributed by atoms with Crippen molar-refractivity contribution >= 4 is 11.4 Å². The highest BCUT2D eigenvalue weighted by atomic mass is 16.5. The summed E-state index contributed by atoms with van der Waals surface area (Å²) >= 11 is 0. The SMILES string of the molecule is COC1CCCC1Nc1cc(C)ccc1N. The second-order valence-electron chi connectivity index (χ2n) is 4.55. The highest BCUT2D eigenvalue weighted by Gasteiger charge is 2.27. The van der Waals surface area contributed by atoms with Gasteiger partial charge in [-0.25, -0.2) is 0 Å². The van der Waals surface area contributed by atoms with E-state index in [0.717, 1.165) is 24.2 Å². The zero-order chi connectivity index (χ0) is 11.5. The molecule has 0 heterocycles. The number of aryl methyl sites for hydroxylation is 1. The first kappa shape index (κ1) is 11.3. The van der Waals surface area contributed by atoms with Crippen LogP contribution in [0.1, 0.15) is 24.8 Å². The van der Waals surface area contributed by atoms with Gasteiger partial charge in [-0.2, -0.15) is 0 Å². The van der Waals surface area contributed by atoms with Crippen molar-refractivity contribution in [1.82, 2.24) is 0 Å². The smallest absolute Gasteiger partial charge is 0.0772 e. The number of nitrogens with two attached hydrogens (primary N) is 1. The predicted molar refractivity (Wildman–Crippen MR) is 67.7 cm³/mol. The van der Waals surface area contributed by atoms with Crippen LogP contribution in [0.4, 0.5) is 11.4 Å². The van der Waals surface area contributed by atoms with E-state index in [1.807, 2.05) is 12.1 Å². The van der Waals surface area contributed by atoms with Crippen LogP contribution in [0.5, 0.6) is 0 Å². The Labute approximate surface area is 97.0 Å². The van der Waals surface area contributed by atoms with E-state index in [1.54, 1.807) is 7.11 Å². The van der Waals surface area contributed by atoms with Gasteiger partial charge < -0.3 is 15.8 Å². The molecule has 0 aliphatic heterocycles. The third kappa shape index (κ3) is 2.30. The highest BCUT2D eigenvalue weighted by Crippen LogP contribution is 2.28. The Balaban J connectivity index is 2.11. The molecule has 0 amide bonds. The van der Waals surface area contributed by atoms with Gasteiger partial charge in [0.2, 0.25) is 0 Å². The molecule has 88 valence electrons. The Morgan fingerprint density at radius 1 is 1.38 bits per heavy atom. The predicted octanol–water partition coefficient (Wildman–Crippen LogP) is 2.56. The molecule has 0 radical (unpaired) electrons. The number of rotatable bonds is 3. The Hall–Kier alpha value is -1.22. The molecule has 0 spiro atoms. The van der Waals surface area contributed by atoms with E-state index in [2.05, 4.69) is 18.3 Å². The van der Waals surface area contributed by atoms with Crippen molar-refractivity contribution in [3.63, 3.8) is 0 Å². The molecule has 0 saturated heterocycles. The first-order chi connectivity index (χ1) is 7.70. The fourth-order valence-corrected chi connectivity index (χ4v) is 2.37. The van der Waals surface area contributed by atoms with Crippen molar-refractivity contribution in [2.45, 2.75) is 38.3 Å². The zero-order valence-corrected chi connectivity index (χ0v) is 9.99. The molecule has 3 nitrogen and oxygen atoms in total. The van der Waals surface area contributed by atoms with Gasteiger partial charge in [-0.05, 0) is 43.9 Å². The van der Waals surface area contributed by atoms with E-state index < -0.39 is 0 Å². The summed E-state index contributed by atoms with van der Waals surface area (Å²) in [4.78, 5) is 0. The number of methoxy groups -OCH3 is 1. The van der Waals surface area contributed by atoms with E-state index in [0.29, 0.717) is 12.1 Å². The van der Waals surface area contributed by atoms with Crippen molar-refractivity contribution in [3.05, 3.63) is 23.8 Å². The van der Waals surface area contributed by atoms with E-state index in [4.69, 9.17) is 10.5 Å². The minimum Gasteiger partial charge on any atom is -0.397 e. The van der Waals surface area contributed by atoms with Gasteiger partial charge in [-0.3, -0.25) is 0 Å². The monoisotopic (exact) mass is 220 g/mol. The van der Waals surface area contributed by atoms with Crippen LogP contribution in [0.15, 0.2) is 18.2 Å². The molecule has 1 fully saturated rings. The lowest BCUT2D eigenvalue weighted by molar-refractivity contribution is 0.101. The summed E-state index contributed by atoms with van der Waals surface area (Å²) in [7, 11) is 1.78. The Kier molecular flexibility index (Phi) is 3.34. The Morgan fingerprint density at radius 3 is 2.94 bits per heavy atom. The average molecular weight is 220 g/mol. The second-order valence-corrected chi connectivity index (χ2v) is 4.55. The molecule has 2 rings (SSSR count). The minimum atomic E-state index is 0.319. The second kappa shape index (κ2) is 4.74. The molecule has 1 saturated carbocycles. The molecule has 16 heavy (non-hydrogen) atoms. The van der Waals surface area contributed by atoms with Crippen molar-refractivity contribution < 1.29 is 4.74 Å². The molecule has 0 aromatic heterocycles. The number of ether oxygens (including phenoxy) is 1. The standard InChI is InChI=1S/C13H20N2O/c1-9-6-7-10(14)12(8-9)15-11-4-3-5-13(11)16-2/h6-8,11,13,15H,3-5,14H2,1-2H3. The van der Waals surface area contributed by atoms with Crippen LogP contribution in [0.3, 0.4) is 0 Å². The first-order valence-corrected chi connectivity index (χ1v) is 5.86. The highest BCUT2D eigenvalue weighted by molar-refractivity contribution is 5.67. The maximum Gasteiger partial charge on any atom is 0.0772 e. The number of hydrogen-bond acceptors (Lipinski definition) is 3. The number of anilines is 2. The van der Waals surface area contributed by atoms with Gasteiger partial charge in [-0.15, -0.1) is 0 Å². The summed E-state index contributed by atoms with van der Waals surface area (Å²) in [6.45, 7) is 2.08. The van der Waals surface area contributed by atoms with Crippen LogP contribution in [-0.4, -0.2) is 19.3 Å². The van der Waals surface area contributed by atoms with Crippen molar-refractivity contribution in [2.75, 3.05) is 18.2 Å². The number of nitrogen functional groups attached to an aromatic ring is 1. The summed E-state index contributed by atoms with van der Waals surface area (Å²) in [6, 6.07) is 6.48. The lowest BCUT2D eigenvalue weighted by Crippen LogP contribution is -2.30. The molecule has 3 heteroatoms. The Morgan fingerprint density at radius 2 is 2.19 bits per heavy atom. The van der Waals surface area contributed by atoms with Crippen molar-refractivity contribution in [1.29, 1.82) is 0 Å². The molecule has 3 N–H and O–H groups in total. The van der Waals surface area contributed by atoms with Crippen LogP contribution in [0, 0.1) is 6.92 Å². The van der Waals surface area contributed by atoms with Gasteiger partial charge in [0.05, 0.1) is 23.5 Å². The maximum absolute atomic E-state index is 5.95. The first-order valence-electron chi connectivity index (χ1n) is 5.86. The van der Waals surface area contributed by atoms with Gasteiger partial charge in [0.25, 0.3) is 0 Å². The van der Waals surface area contributed by atoms with E-state index in [1.165, 1.54) is 12.0 Å². The summed E-state index contributed by atoms with van der Waals surface area (Å²) in [5.74, 6) is 0. The lowest BCUT2D eigenvalue weighted by Gasteiger charge is -2.22. The topological polar surface area (TPSA) is 47.3 Å². The molecule has 2 atom stereocenters. The molecule has 1 aliphatic carbocycles.